The molecule has 2 aliphatic rings. The first-order chi connectivity index (χ1) is 13.4. The molecule has 5 nitrogen and oxygen atoms in total. The molecule has 1 aromatic carbocycles. The molecule has 5 heteroatoms. The van der Waals surface area contributed by atoms with Crippen LogP contribution >= 0.6 is 0 Å². The molecule has 0 spiro atoms. The van der Waals surface area contributed by atoms with E-state index in [0.29, 0.717) is 25.1 Å². The third-order valence-electron chi connectivity index (χ3n) is 6.04. The molecule has 0 radical (unpaired) electrons. The smallest absolute Gasteiger partial charge is 0.239 e. The Morgan fingerprint density at radius 1 is 0.966 bits per heavy atom. The molecule has 3 unspecified atom stereocenters. The Morgan fingerprint density at radius 2 is 1.59 bits per heavy atom. The molecule has 1 aromatic rings. The second-order valence-corrected chi connectivity index (χ2v) is 10.7. The zero-order valence-corrected chi connectivity index (χ0v) is 18.6. The second-order valence-electron chi connectivity index (χ2n) is 10.7. The number of nitrogens with zero attached hydrogens (tertiary/aromatic N) is 2. The van der Waals surface area contributed by atoms with E-state index in [-0.39, 0.29) is 34.6 Å². The van der Waals surface area contributed by atoms with Gasteiger partial charge in [-0.25, -0.2) is 4.90 Å². The summed E-state index contributed by atoms with van der Waals surface area (Å²) in [5, 5.41) is 0. The maximum absolute atomic E-state index is 13.7. The first-order valence-electron chi connectivity index (χ1n) is 10.6. The van der Waals surface area contributed by atoms with Crippen LogP contribution in [0.15, 0.2) is 30.3 Å². The number of benzene rings is 1. The van der Waals surface area contributed by atoms with Crippen LogP contribution in [0.1, 0.15) is 60.8 Å². The fourth-order valence-electron chi connectivity index (χ4n) is 4.90. The predicted molar refractivity (Wildman–Crippen MR) is 114 cm³/mol. The summed E-state index contributed by atoms with van der Waals surface area (Å²) in [7, 11) is 0. The lowest BCUT2D eigenvalue weighted by Gasteiger charge is -2.40. The Kier molecular flexibility index (Phi) is 5.63. The minimum absolute atomic E-state index is 0.0700. The van der Waals surface area contributed by atoms with Gasteiger partial charge in [-0.3, -0.25) is 14.4 Å². The molecular formula is C24H34N2O3. The van der Waals surface area contributed by atoms with Gasteiger partial charge in [-0.2, -0.15) is 0 Å². The van der Waals surface area contributed by atoms with Crippen molar-refractivity contribution >= 4 is 23.4 Å². The number of para-hydroxylation sites is 1. The fourth-order valence-corrected chi connectivity index (χ4v) is 4.90. The number of rotatable bonds is 4. The summed E-state index contributed by atoms with van der Waals surface area (Å²) < 4.78 is 0. The van der Waals surface area contributed by atoms with Crippen LogP contribution in [-0.2, 0) is 14.4 Å². The van der Waals surface area contributed by atoms with Gasteiger partial charge in [0.25, 0.3) is 0 Å². The van der Waals surface area contributed by atoms with E-state index in [2.05, 4.69) is 20.8 Å². The van der Waals surface area contributed by atoms with Crippen molar-refractivity contribution in [3.63, 3.8) is 0 Å². The zero-order valence-electron chi connectivity index (χ0n) is 18.6. The minimum Gasteiger partial charge on any atom is -0.339 e. The van der Waals surface area contributed by atoms with Gasteiger partial charge in [0.15, 0.2) is 0 Å². The van der Waals surface area contributed by atoms with Crippen molar-refractivity contribution in [2.24, 2.45) is 22.7 Å². The van der Waals surface area contributed by atoms with Crippen LogP contribution in [0, 0.1) is 22.7 Å². The summed E-state index contributed by atoms with van der Waals surface area (Å²) in [5.74, 6) is -1.20. The normalized spacial score (nSPS) is 24.6. The number of amides is 3. The van der Waals surface area contributed by atoms with Crippen LogP contribution in [0.2, 0.25) is 0 Å². The second kappa shape index (κ2) is 7.58. The van der Waals surface area contributed by atoms with Gasteiger partial charge < -0.3 is 4.90 Å². The van der Waals surface area contributed by atoms with Crippen LogP contribution in [0.25, 0.3) is 0 Å². The average molecular weight is 399 g/mol. The van der Waals surface area contributed by atoms with E-state index in [9.17, 15) is 14.4 Å². The lowest BCUT2D eigenvalue weighted by molar-refractivity contribution is -0.136. The minimum atomic E-state index is -0.524. The number of carbonyl (C=O) groups excluding carboxylic acids is 3. The first-order valence-corrected chi connectivity index (χ1v) is 10.6. The van der Waals surface area contributed by atoms with E-state index >= 15 is 0 Å². The molecule has 2 fully saturated rings. The van der Waals surface area contributed by atoms with Crippen LogP contribution in [0.3, 0.4) is 0 Å². The molecule has 2 heterocycles. The van der Waals surface area contributed by atoms with Crippen molar-refractivity contribution in [1.29, 1.82) is 0 Å². The maximum atomic E-state index is 13.7. The third kappa shape index (κ3) is 4.24. The van der Waals surface area contributed by atoms with Crippen LogP contribution in [-0.4, -0.2) is 35.2 Å². The molecule has 0 saturated carbocycles. The lowest BCUT2D eigenvalue weighted by atomic mass is 9.69. The molecule has 3 amide bonds. The molecule has 0 aliphatic carbocycles. The van der Waals surface area contributed by atoms with E-state index in [1.807, 2.05) is 43.9 Å². The van der Waals surface area contributed by atoms with Gasteiger partial charge in [-0.15, -0.1) is 0 Å². The van der Waals surface area contributed by atoms with Crippen molar-refractivity contribution in [1.82, 2.24) is 4.90 Å². The van der Waals surface area contributed by atoms with Crippen molar-refractivity contribution in [2.45, 2.75) is 66.8 Å². The topological polar surface area (TPSA) is 57.7 Å². The SMILES string of the molecule is CC(C)(C)CC(C1C(=O)N(c2ccccc2)C(=O)C1C(C)(C)C)N1CCCC1=O. The van der Waals surface area contributed by atoms with E-state index in [1.54, 1.807) is 12.1 Å². The molecular weight excluding hydrogens is 364 g/mol. The molecule has 158 valence electrons. The molecule has 3 rings (SSSR count). The molecule has 0 N–H and O–H groups in total. The largest absolute Gasteiger partial charge is 0.339 e. The summed E-state index contributed by atoms with van der Waals surface area (Å²) in [6.07, 6.45) is 2.03. The lowest BCUT2D eigenvalue weighted by Crippen LogP contribution is -2.49. The number of imide groups is 1. The van der Waals surface area contributed by atoms with Crippen LogP contribution in [0.4, 0.5) is 5.69 Å². The summed E-state index contributed by atoms with van der Waals surface area (Å²) in [6.45, 7) is 13.1. The molecule has 2 aliphatic heterocycles. The summed E-state index contributed by atoms with van der Waals surface area (Å²) in [4.78, 5) is 43.2. The van der Waals surface area contributed by atoms with E-state index in [4.69, 9.17) is 0 Å². The number of likely N-dealkylation sites (tertiary alicyclic amines) is 1. The van der Waals surface area contributed by atoms with Gasteiger partial charge in [0, 0.05) is 19.0 Å². The predicted octanol–water partition coefficient (Wildman–Crippen LogP) is 4.27. The molecule has 0 bridgehead atoms. The highest BCUT2D eigenvalue weighted by Crippen LogP contribution is 2.46. The summed E-state index contributed by atoms with van der Waals surface area (Å²) >= 11 is 0. The molecule has 29 heavy (non-hydrogen) atoms. The van der Waals surface area contributed by atoms with Gasteiger partial charge in [0.05, 0.1) is 17.5 Å². The van der Waals surface area contributed by atoms with E-state index < -0.39 is 11.8 Å². The third-order valence-corrected chi connectivity index (χ3v) is 6.04. The molecule has 0 aromatic heterocycles. The number of hydrogen-bond donors (Lipinski definition) is 0. The Hall–Kier alpha value is -2.17. The number of hydrogen-bond acceptors (Lipinski definition) is 3. The van der Waals surface area contributed by atoms with Crippen molar-refractivity contribution in [2.75, 3.05) is 11.4 Å². The van der Waals surface area contributed by atoms with Crippen LogP contribution < -0.4 is 4.90 Å². The molecule has 3 atom stereocenters. The Labute approximate surface area is 174 Å². The van der Waals surface area contributed by atoms with E-state index in [1.165, 1.54) is 4.90 Å². The van der Waals surface area contributed by atoms with Gasteiger partial charge >= 0.3 is 0 Å². The monoisotopic (exact) mass is 398 g/mol. The highest BCUT2D eigenvalue weighted by atomic mass is 16.2. The number of anilines is 1. The molecule has 2 saturated heterocycles. The van der Waals surface area contributed by atoms with Crippen molar-refractivity contribution < 1.29 is 14.4 Å². The van der Waals surface area contributed by atoms with Gasteiger partial charge in [0.1, 0.15) is 0 Å². The van der Waals surface area contributed by atoms with E-state index in [0.717, 1.165) is 6.42 Å². The van der Waals surface area contributed by atoms with Gasteiger partial charge in [0.2, 0.25) is 17.7 Å². The number of carbonyl (C=O) groups is 3. The average Bonchev–Trinajstić information content (AvgIpc) is 3.13. The quantitative estimate of drug-likeness (QED) is 0.712. The van der Waals surface area contributed by atoms with Crippen molar-refractivity contribution in [3.05, 3.63) is 30.3 Å². The fraction of sp³-hybridized carbons (Fsp3) is 0.625. The Bertz CT molecular complexity index is 789. The maximum Gasteiger partial charge on any atom is 0.239 e. The zero-order chi connectivity index (χ0) is 21.6. The highest BCUT2D eigenvalue weighted by molar-refractivity contribution is 6.22. The van der Waals surface area contributed by atoms with Gasteiger partial charge in [-0.1, -0.05) is 59.7 Å². The Balaban J connectivity index is 2.09. The summed E-state index contributed by atoms with van der Waals surface area (Å²) in [5.41, 5.74) is 0.153. The first kappa shape index (κ1) is 21.5. The summed E-state index contributed by atoms with van der Waals surface area (Å²) in [6, 6.07) is 8.89. The standard InChI is InChI=1S/C24H34N2O3/c1-23(2,3)15-17(25-14-10-13-18(25)27)19-20(24(4,5)6)22(29)26(21(19)28)16-11-8-7-9-12-16/h7-9,11-12,17,19-20H,10,13-15H2,1-6H3. The van der Waals surface area contributed by atoms with Crippen LogP contribution in [0.5, 0.6) is 0 Å². The highest BCUT2D eigenvalue weighted by Gasteiger charge is 2.57. The van der Waals surface area contributed by atoms with Crippen molar-refractivity contribution in [3.8, 4) is 0 Å². The Morgan fingerprint density at radius 3 is 2.07 bits per heavy atom. The van der Waals surface area contributed by atoms with Gasteiger partial charge in [-0.05, 0) is 35.8 Å².